The van der Waals surface area contributed by atoms with Crippen molar-refractivity contribution in [2.24, 2.45) is 0 Å². The molecular weight excluding hydrogens is 128 g/mol. The zero-order valence-electron chi connectivity index (χ0n) is 6.02. The fraction of sp³-hybridized carbons (Fsp3) is 0.625. The highest BCUT2D eigenvalue weighted by molar-refractivity contribution is 7.80. The first-order valence-electron chi connectivity index (χ1n) is 3.43. The molecule has 0 atom stereocenters. The Morgan fingerprint density at radius 3 is 2.67 bits per heavy atom. The number of thiocarbonyl (C=S) groups is 1. The largest absolute Gasteiger partial charge is 0.103 e. The Balaban J connectivity index is 3.16. The predicted molar refractivity (Wildman–Crippen MR) is 46.9 cm³/mol. The van der Waals surface area contributed by atoms with Crippen LogP contribution < -0.4 is 0 Å². The lowest BCUT2D eigenvalue weighted by Gasteiger charge is -1.96. The quantitative estimate of drug-likeness (QED) is 0.420. The summed E-state index contributed by atoms with van der Waals surface area (Å²) in [5.41, 5.74) is 0. The third-order valence-electron chi connectivity index (χ3n) is 1.16. The third kappa shape index (κ3) is 5.71. The summed E-state index contributed by atoms with van der Waals surface area (Å²) < 4.78 is 0. The fourth-order valence-electron chi connectivity index (χ4n) is 0.667. The Morgan fingerprint density at radius 2 is 2.22 bits per heavy atom. The molecule has 0 fully saturated rings. The first-order valence-corrected chi connectivity index (χ1v) is 3.84. The number of hydrogen-bond donors (Lipinski definition) is 0. The molecular formula is C8H14S. The van der Waals surface area contributed by atoms with Crippen LogP contribution in [0.15, 0.2) is 12.7 Å². The van der Waals surface area contributed by atoms with E-state index in [4.69, 9.17) is 12.2 Å². The van der Waals surface area contributed by atoms with Crippen LogP contribution in [0.2, 0.25) is 0 Å². The molecule has 0 nitrogen and oxygen atoms in total. The van der Waals surface area contributed by atoms with Gasteiger partial charge in [0.25, 0.3) is 0 Å². The van der Waals surface area contributed by atoms with Crippen molar-refractivity contribution in [2.75, 3.05) is 0 Å². The maximum Gasteiger partial charge on any atom is -0.00685 e. The van der Waals surface area contributed by atoms with Gasteiger partial charge in [-0.1, -0.05) is 31.6 Å². The first kappa shape index (κ1) is 8.83. The van der Waals surface area contributed by atoms with E-state index >= 15 is 0 Å². The molecule has 0 aromatic rings. The van der Waals surface area contributed by atoms with E-state index in [2.05, 4.69) is 13.5 Å². The van der Waals surface area contributed by atoms with Gasteiger partial charge in [-0.25, -0.2) is 0 Å². The van der Waals surface area contributed by atoms with Crippen molar-refractivity contribution in [3.8, 4) is 0 Å². The molecule has 0 aliphatic rings. The van der Waals surface area contributed by atoms with Gasteiger partial charge in [0.05, 0.1) is 0 Å². The number of hydrogen-bond acceptors (Lipinski definition) is 1. The lowest BCUT2D eigenvalue weighted by atomic mass is 10.1. The Hall–Kier alpha value is -0.170. The van der Waals surface area contributed by atoms with Gasteiger partial charge in [-0.3, -0.25) is 0 Å². The zero-order valence-corrected chi connectivity index (χ0v) is 6.84. The molecule has 0 radical (unpaired) electrons. The van der Waals surface area contributed by atoms with Crippen LogP contribution in [0.1, 0.15) is 32.6 Å². The Kier molecular flexibility index (Phi) is 5.85. The lowest BCUT2D eigenvalue weighted by Crippen LogP contribution is -1.91. The summed E-state index contributed by atoms with van der Waals surface area (Å²) in [7, 11) is 0. The molecule has 0 saturated carbocycles. The van der Waals surface area contributed by atoms with Crippen molar-refractivity contribution in [3.63, 3.8) is 0 Å². The maximum absolute atomic E-state index is 5.07. The minimum atomic E-state index is 1.04. The van der Waals surface area contributed by atoms with Gasteiger partial charge in [-0.05, 0) is 24.1 Å². The van der Waals surface area contributed by atoms with E-state index in [0.29, 0.717) is 0 Å². The normalized spacial score (nSPS) is 9.00. The SMILES string of the molecule is C=CCCC(=S)CCC. The Morgan fingerprint density at radius 1 is 1.56 bits per heavy atom. The van der Waals surface area contributed by atoms with Crippen molar-refractivity contribution < 1.29 is 0 Å². The molecule has 52 valence electrons. The first-order chi connectivity index (χ1) is 4.31. The highest BCUT2D eigenvalue weighted by atomic mass is 32.1. The van der Waals surface area contributed by atoms with Crippen molar-refractivity contribution in [2.45, 2.75) is 32.6 Å². The average molecular weight is 142 g/mol. The predicted octanol–water partition coefficient (Wildman–Crippen LogP) is 3.12. The minimum Gasteiger partial charge on any atom is -0.103 e. The van der Waals surface area contributed by atoms with E-state index in [1.165, 1.54) is 11.3 Å². The van der Waals surface area contributed by atoms with Gasteiger partial charge in [-0.15, -0.1) is 6.58 Å². The summed E-state index contributed by atoms with van der Waals surface area (Å²) in [5.74, 6) is 0. The topological polar surface area (TPSA) is 0 Å². The zero-order chi connectivity index (χ0) is 7.11. The molecule has 0 spiro atoms. The van der Waals surface area contributed by atoms with E-state index in [0.717, 1.165) is 19.3 Å². The Bertz CT molecular complexity index is 94.7. The molecule has 0 saturated heterocycles. The summed E-state index contributed by atoms with van der Waals surface area (Å²) in [6.45, 7) is 5.79. The van der Waals surface area contributed by atoms with Crippen molar-refractivity contribution >= 4 is 17.1 Å². The number of allylic oxidation sites excluding steroid dienone is 1. The summed E-state index contributed by atoms with van der Waals surface area (Å²) in [6, 6.07) is 0. The molecule has 0 aromatic heterocycles. The van der Waals surface area contributed by atoms with Gasteiger partial charge < -0.3 is 0 Å². The molecule has 0 rings (SSSR count). The molecule has 0 N–H and O–H groups in total. The van der Waals surface area contributed by atoms with Crippen LogP contribution in [-0.4, -0.2) is 4.86 Å². The lowest BCUT2D eigenvalue weighted by molar-refractivity contribution is 0.965. The number of rotatable bonds is 5. The van der Waals surface area contributed by atoms with Crippen LogP contribution in [0.25, 0.3) is 0 Å². The van der Waals surface area contributed by atoms with Crippen molar-refractivity contribution in [3.05, 3.63) is 12.7 Å². The van der Waals surface area contributed by atoms with Crippen LogP contribution in [0.3, 0.4) is 0 Å². The van der Waals surface area contributed by atoms with E-state index in [1.807, 2.05) is 6.08 Å². The van der Waals surface area contributed by atoms with E-state index in [-0.39, 0.29) is 0 Å². The summed E-state index contributed by atoms with van der Waals surface area (Å²) in [5, 5.41) is 0. The fourth-order valence-corrected chi connectivity index (χ4v) is 0.989. The van der Waals surface area contributed by atoms with Crippen LogP contribution in [0, 0.1) is 0 Å². The summed E-state index contributed by atoms with van der Waals surface area (Å²) in [6.07, 6.45) is 6.28. The van der Waals surface area contributed by atoms with Gasteiger partial charge in [0, 0.05) is 0 Å². The van der Waals surface area contributed by atoms with Crippen LogP contribution in [-0.2, 0) is 0 Å². The van der Waals surface area contributed by atoms with Gasteiger partial charge >= 0.3 is 0 Å². The van der Waals surface area contributed by atoms with E-state index in [1.54, 1.807) is 0 Å². The highest BCUT2D eigenvalue weighted by Crippen LogP contribution is 2.00. The minimum absolute atomic E-state index is 1.04. The van der Waals surface area contributed by atoms with Crippen molar-refractivity contribution in [1.82, 2.24) is 0 Å². The molecule has 0 aliphatic heterocycles. The second kappa shape index (κ2) is 5.96. The molecule has 0 unspecified atom stereocenters. The molecule has 9 heavy (non-hydrogen) atoms. The van der Waals surface area contributed by atoms with Crippen molar-refractivity contribution in [1.29, 1.82) is 0 Å². The third-order valence-corrected chi connectivity index (χ3v) is 1.56. The molecule has 0 aromatic carbocycles. The van der Waals surface area contributed by atoms with Gasteiger partial charge in [0.1, 0.15) is 0 Å². The van der Waals surface area contributed by atoms with E-state index < -0.39 is 0 Å². The molecule has 0 heterocycles. The highest BCUT2D eigenvalue weighted by Gasteiger charge is 1.91. The Labute approximate surface area is 63.0 Å². The van der Waals surface area contributed by atoms with Crippen LogP contribution >= 0.6 is 12.2 Å². The van der Waals surface area contributed by atoms with Gasteiger partial charge in [0.15, 0.2) is 0 Å². The molecule has 0 bridgehead atoms. The maximum atomic E-state index is 5.07. The van der Waals surface area contributed by atoms with Gasteiger partial charge in [-0.2, -0.15) is 0 Å². The smallest absolute Gasteiger partial charge is 0.00685 e. The second-order valence-corrected chi connectivity index (χ2v) is 2.69. The second-order valence-electron chi connectivity index (χ2n) is 2.12. The molecule has 1 heteroatoms. The molecule has 0 aliphatic carbocycles. The van der Waals surface area contributed by atoms with E-state index in [9.17, 15) is 0 Å². The monoisotopic (exact) mass is 142 g/mol. The standard InChI is InChI=1S/C8H14S/c1-3-5-7-8(9)6-4-2/h3H,1,4-7H2,2H3. The summed E-state index contributed by atoms with van der Waals surface area (Å²) >= 11 is 5.07. The average Bonchev–Trinajstić information content (AvgIpc) is 1.85. The van der Waals surface area contributed by atoms with Crippen LogP contribution in [0.5, 0.6) is 0 Å². The van der Waals surface area contributed by atoms with Gasteiger partial charge in [0.2, 0.25) is 0 Å². The van der Waals surface area contributed by atoms with Crippen LogP contribution in [0.4, 0.5) is 0 Å². The molecule has 0 amide bonds. The summed E-state index contributed by atoms with van der Waals surface area (Å²) in [4.78, 5) is 1.19.